The molecule has 174 valence electrons. The van der Waals surface area contributed by atoms with E-state index < -0.39 is 0 Å². The standard InChI is InChI=1S/C28H35N3O2/c32-28(30-17-5-7-20-6-1-2-8-26(20)30)21-10-12-22(13-11-21)31-23-14-15-24(31)19-25(18-23)33-27-9-3-4-16-29-27/h3-4,9-13,16,20,23-26H,1-2,5-8,14-15,17-19H2/t20?,23-,24-,26?/m1/s1. The first-order chi connectivity index (χ1) is 16.3. The van der Waals surface area contributed by atoms with Crippen LogP contribution in [0.15, 0.2) is 48.7 Å². The fourth-order valence-electron chi connectivity index (χ4n) is 7.05. The maximum Gasteiger partial charge on any atom is 0.254 e. The second kappa shape index (κ2) is 9.00. The number of amides is 1. The highest BCUT2D eigenvalue weighted by molar-refractivity contribution is 5.95. The van der Waals surface area contributed by atoms with Crippen molar-refractivity contribution in [3.63, 3.8) is 0 Å². The molecule has 3 aliphatic heterocycles. The Morgan fingerprint density at radius 1 is 0.879 bits per heavy atom. The van der Waals surface area contributed by atoms with Crippen LogP contribution in [0.2, 0.25) is 0 Å². The first-order valence-electron chi connectivity index (χ1n) is 13.0. The van der Waals surface area contributed by atoms with Gasteiger partial charge in [0.15, 0.2) is 0 Å². The van der Waals surface area contributed by atoms with Gasteiger partial charge in [-0.15, -0.1) is 0 Å². The number of carbonyl (C=O) groups is 1. The number of fused-ring (bicyclic) bond motifs is 3. The number of anilines is 1. The molecule has 1 aliphatic carbocycles. The third-order valence-electron chi connectivity index (χ3n) is 8.53. The molecule has 1 amide bonds. The van der Waals surface area contributed by atoms with E-state index in [1.165, 1.54) is 50.6 Å². The molecular formula is C28H35N3O2. The molecule has 1 aromatic heterocycles. The summed E-state index contributed by atoms with van der Waals surface area (Å²) in [5.74, 6) is 1.70. The quantitative estimate of drug-likeness (QED) is 0.627. The number of pyridine rings is 1. The minimum Gasteiger partial charge on any atom is -0.474 e. The number of hydrogen-bond acceptors (Lipinski definition) is 4. The maximum absolute atomic E-state index is 13.4. The van der Waals surface area contributed by atoms with Gasteiger partial charge >= 0.3 is 0 Å². The van der Waals surface area contributed by atoms with Gasteiger partial charge in [0, 0.05) is 61.0 Å². The predicted octanol–water partition coefficient (Wildman–Crippen LogP) is 5.46. The summed E-state index contributed by atoms with van der Waals surface area (Å²) >= 11 is 0. The molecule has 33 heavy (non-hydrogen) atoms. The molecule has 0 N–H and O–H groups in total. The van der Waals surface area contributed by atoms with Gasteiger partial charge in [-0.2, -0.15) is 0 Å². The van der Waals surface area contributed by atoms with Crippen molar-refractivity contribution in [3.8, 4) is 5.88 Å². The number of carbonyl (C=O) groups excluding carboxylic acids is 1. The fraction of sp³-hybridized carbons (Fsp3) is 0.571. The van der Waals surface area contributed by atoms with E-state index in [2.05, 4.69) is 39.0 Å². The summed E-state index contributed by atoms with van der Waals surface area (Å²) in [5.41, 5.74) is 2.11. The molecule has 4 aliphatic rings. The SMILES string of the molecule is O=C(c1ccc(N2[C@@H]3CC[C@@H]2CC(Oc2ccccn2)C3)cc1)N1CCCC2CCCCC21. The molecule has 2 aromatic rings. The molecule has 5 nitrogen and oxygen atoms in total. The van der Waals surface area contributed by atoms with Crippen LogP contribution in [-0.2, 0) is 0 Å². The van der Waals surface area contributed by atoms with Crippen LogP contribution in [0.3, 0.4) is 0 Å². The molecule has 4 heterocycles. The van der Waals surface area contributed by atoms with Crippen LogP contribution in [0.5, 0.6) is 5.88 Å². The molecule has 5 heteroatoms. The second-order valence-electron chi connectivity index (χ2n) is 10.5. The van der Waals surface area contributed by atoms with E-state index in [0.717, 1.165) is 43.2 Å². The lowest BCUT2D eigenvalue weighted by Crippen LogP contribution is -2.49. The summed E-state index contributed by atoms with van der Waals surface area (Å²) < 4.78 is 6.19. The van der Waals surface area contributed by atoms with Crippen LogP contribution in [0.4, 0.5) is 5.69 Å². The number of rotatable bonds is 4. The highest BCUT2D eigenvalue weighted by Gasteiger charge is 2.42. The summed E-state index contributed by atoms with van der Waals surface area (Å²) in [7, 11) is 0. The molecule has 6 rings (SSSR count). The average Bonchev–Trinajstić information content (AvgIpc) is 3.14. The highest BCUT2D eigenvalue weighted by atomic mass is 16.5. The topological polar surface area (TPSA) is 45.7 Å². The Hall–Kier alpha value is -2.56. The van der Waals surface area contributed by atoms with Gasteiger partial charge in [0.25, 0.3) is 5.91 Å². The number of likely N-dealkylation sites (tertiary alicyclic amines) is 1. The summed E-state index contributed by atoms with van der Waals surface area (Å²) in [6.07, 6.45) is 14.1. The maximum atomic E-state index is 13.4. The second-order valence-corrected chi connectivity index (χ2v) is 10.5. The minimum atomic E-state index is 0.233. The zero-order valence-corrected chi connectivity index (χ0v) is 19.4. The van der Waals surface area contributed by atoms with E-state index in [9.17, 15) is 4.79 Å². The van der Waals surface area contributed by atoms with Crippen LogP contribution < -0.4 is 9.64 Å². The van der Waals surface area contributed by atoms with E-state index in [0.29, 0.717) is 18.1 Å². The first-order valence-corrected chi connectivity index (χ1v) is 13.0. The van der Waals surface area contributed by atoms with Crippen molar-refractivity contribution in [1.82, 2.24) is 9.88 Å². The Bertz CT molecular complexity index is 947. The van der Waals surface area contributed by atoms with Crippen LogP contribution >= 0.6 is 0 Å². The summed E-state index contributed by atoms with van der Waals surface area (Å²) in [6.45, 7) is 0.926. The number of nitrogens with zero attached hydrogens (tertiary/aromatic N) is 3. The Morgan fingerprint density at radius 2 is 1.64 bits per heavy atom. The zero-order chi connectivity index (χ0) is 22.2. The minimum absolute atomic E-state index is 0.233. The van der Waals surface area contributed by atoms with E-state index >= 15 is 0 Å². The number of aromatic nitrogens is 1. The molecule has 1 aromatic carbocycles. The lowest BCUT2D eigenvalue weighted by molar-refractivity contribution is 0.0390. The van der Waals surface area contributed by atoms with Gasteiger partial charge in [0.2, 0.25) is 5.88 Å². The predicted molar refractivity (Wildman–Crippen MR) is 130 cm³/mol. The van der Waals surface area contributed by atoms with Gasteiger partial charge in [-0.25, -0.2) is 4.98 Å². The average molecular weight is 446 g/mol. The van der Waals surface area contributed by atoms with Crippen molar-refractivity contribution >= 4 is 11.6 Å². The zero-order valence-electron chi connectivity index (χ0n) is 19.4. The number of hydrogen-bond donors (Lipinski definition) is 0. The smallest absolute Gasteiger partial charge is 0.254 e. The molecular weight excluding hydrogens is 410 g/mol. The Balaban J connectivity index is 1.13. The van der Waals surface area contributed by atoms with Gasteiger partial charge in [-0.1, -0.05) is 18.9 Å². The van der Waals surface area contributed by atoms with Crippen LogP contribution in [0, 0.1) is 5.92 Å². The van der Waals surface area contributed by atoms with Crippen LogP contribution in [-0.4, -0.2) is 46.6 Å². The number of piperidine rings is 2. The third-order valence-corrected chi connectivity index (χ3v) is 8.53. The summed E-state index contributed by atoms with van der Waals surface area (Å²) in [5, 5.41) is 0. The largest absolute Gasteiger partial charge is 0.474 e. The van der Waals surface area contributed by atoms with Gasteiger partial charge in [0.05, 0.1) is 0 Å². The molecule has 1 saturated carbocycles. The molecule has 2 bridgehead atoms. The number of ether oxygens (including phenoxy) is 1. The summed E-state index contributed by atoms with van der Waals surface area (Å²) in [4.78, 5) is 22.5. The number of benzene rings is 1. The van der Waals surface area contributed by atoms with Gasteiger partial charge in [-0.3, -0.25) is 4.79 Å². The monoisotopic (exact) mass is 445 g/mol. The van der Waals surface area contributed by atoms with Crippen molar-refractivity contribution in [2.75, 3.05) is 11.4 Å². The first kappa shape index (κ1) is 21.0. The third kappa shape index (κ3) is 4.11. The Kier molecular flexibility index (Phi) is 5.73. The molecule has 0 radical (unpaired) electrons. The van der Waals surface area contributed by atoms with Gasteiger partial charge < -0.3 is 14.5 Å². The molecule has 4 fully saturated rings. The van der Waals surface area contributed by atoms with Gasteiger partial charge in [-0.05, 0) is 74.8 Å². The summed E-state index contributed by atoms with van der Waals surface area (Å²) in [6, 6.07) is 15.8. The lowest BCUT2D eigenvalue weighted by atomic mass is 9.78. The van der Waals surface area contributed by atoms with E-state index in [4.69, 9.17) is 4.74 Å². The lowest BCUT2D eigenvalue weighted by Gasteiger charge is -2.44. The van der Waals surface area contributed by atoms with E-state index in [1.807, 2.05) is 18.2 Å². The van der Waals surface area contributed by atoms with Crippen molar-refractivity contribution in [1.29, 1.82) is 0 Å². The van der Waals surface area contributed by atoms with Crippen molar-refractivity contribution in [2.24, 2.45) is 5.92 Å². The van der Waals surface area contributed by atoms with Crippen molar-refractivity contribution in [3.05, 3.63) is 54.2 Å². The van der Waals surface area contributed by atoms with E-state index in [-0.39, 0.29) is 12.0 Å². The van der Waals surface area contributed by atoms with E-state index in [1.54, 1.807) is 6.20 Å². The highest BCUT2D eigenvalue weighted by Crippen LogP contribution is 2.41. The van der Waals surface area contributed by atoms with Crippen LogP contribution in [0.1, 0.15) is 74.6 Å². The van der Waals surface area contributed by atoms with Crippen molar-refractivity contribution in [2.45, 2.75) is 88.4 Å². The molecule has 2 unspecified atom stereocenters. The fourth-order valence-corrected chi connectivity index (χ4v) is 7.05. The van der Waals surface area contributed by atoms with Crippen LogP contribution in [0.25, 0.3) is 0 Å². The Labute approximate surface area is 197 Å². The Morgan fingerprint density at radius 3 is 2.39 bits per heavy atom. The molecule has 3 saturated heterocycles. The molecule has 0 spiro atoms. The van der Waals surface area contributed by atoms with Gasteiger partial charge in [0.1, 0.15) is 6.10 Å². The molecule has 4 atom stereocenters. The normalized spacial score (nSPS) is 31.2. The van der Waals surface area contributed by atoms with Crippen molar-refractivity contribution < 1.29 is 9.53 Å².